The lowest BCUT2D eigenvalue weighted by atomic mass is 9.91. The molecule has 0 radical (unpaired) electrons. The van der Waals surface area contributed by atoms with Crippen LogP contribution in [0.4, 0.5) is 0 Å². The van der Waals surface area contributed by atoms with E-state index >= 15 is 0 Å². The Bertz CT molecular complexity index is 654. The Morgan fingerprint density at radius 2 is 2.04 bits per heavy atom. The van der Waals surface area contributed by atoms with Crippen LogP contribution in [0.25, 0.3) is 0 Å². The summed E-state index contributed by atoms with van der Waals surface area (Å²) >= 11 is 6.13. The number of hydrogen-bond acceptors (Lipinski definition) is 5. The number of pyridine rings is 1. The summed E-state index contributed by atoms with van der Waals surface area (Å²) in [6.45, 7) is 0.915. The second-order valence-corrected chi connectivity index (χ2v) is 6.80. The van der Waals surface area contributed by atoms with Crippen molar-refractivity contribution < 1.29 is 24.5 Å². The quantitative estimate of drug-likeness (QED) is 0.832. The van der Waals surface area contributed by atoms with Gasteiger partial charge in [0, 0.05) is 32.1 Å². The molecule has 1 amide bonds. The van der Waals surface area contributed by atoms with E-state index in [9.17, 15) is 14.7 Å². The SMILES string of the molecule is O=C(c1cnc(OCC2CC2)c(Cl)c1)N1CCC(O)(C(=O)O)CC1. The van der Waals surface area contributed by atoms with Crippen molar-refractivity contribution in [2.24, 2.45) is 5.92 Å². The summed E-state index contributed by atoms with van der Waals surface area (Å²) in [6.07, 6.45) is 3.72. The maximum Gasteiger partial charge on any atom is 0.335 e. The largest absolute Gasteiger partial charge is 0.479 e. The molecule has 7 nitrogen and oxygen atoms in total. The normalized spacial score (nSPS) is 19.8. The van der Waals surface area contributed by atoms with Crippen molar-refractivity contribution in [2.45, 2.75) is 31.3 Å². The van der Waals surface area contributed by atoms with Gasteiger partial charge in [-0.3, -0.25) is 4.79 Å². The number of aromatic nitrogens is 1. The number of aliphatic hydroxyl groups is 1. The summed E-state index contributed by atoms with van der Waals surface area (Å²) in [5, 5.41) is 19.2. The second-order valence-electron chi connectivity index (χ2n) is 6.39. The van der Waals surface area contributed by atoms with Crippen molar-refractivity contribution in [1.82, 2.24) is 9.88 Å². The highest BCUT2D eigenvalue weighted by Crippen LogP contribution is 2.31. The number of halogens is 1. The van der Waals surface area contributed by atoms with Crippen LogP contribution in [0.3, 0.4) is 0 Å². The van der Waals surface area contributed by atoms with Crippen LogP contribution in [0.5, 0.6) is 5.88 Å². The standard InChI is InChI=1S/C16H19ClN2O5/c17-12-7-11(8-18-13(12)24-9-10-1-2-10)14(20)19-5-3-16(23,4-6-19)15(21)22/h7-8,10,23H,1-6,9H2,(H,21,22). The van der Waals surface area contributed by atoms with E-state index in [0.717, 1.165) is 12.8 Å². The number of carboxylic acids is 1. The molecule has 0 spiro atoms. The fourth-order valence-corrected chi connectivity index (χ4v) is 2.83. The van der Waals surface area contributed by atoms with Gasteiger partial charge in [-0.05, 0) is 24.8 Å². The van der Waals surface area contributed by atoms with Crippen molar-refractivity contribution in [3.63, 3.8) is 0 Å². The lowest BCUT2D eigenvalue weighted by molar-refractivity contribution is -0.162. The number of hydrogen-bond donors (Lipinski definition) is 2. The first-order valence-corrected chi connectivity index (χ1v) is 8.30. The van der Waals surface area contributed by atoms with E-state index < -0.39 is 11.6 Å². The molecule has 24 heavy (non-hydrogen) atoms. The van der Waals surface area contributed by atoms with Gasteiger partial charge < -0.3 is 19.8 Å². The molecule has 0 bridgehead atoms. The van der Waals surface area contributed by atoms with Gasteiger partial charge in [0.15, 0.2) is 5.60 Å². The van der Waals surface area contributed by atoms with Crippen LogP contribution in [0.2, 0.25) is 5.02 Å². The molecule has 1 saturated carbocycles. The van der Waals surface area contributed by atoms with E-state index in [2.05, 4.69) is 4.98 Å². The lowest BCUT2D eigenvalue weighted by Gasteiger charge is -2.35. The first kappa shape index (κ1) is 17.0. The zero-order valence-electron chi connectivity index (χ0n) is 13.1. The van der Waals surface area contributed by atoms with Crippen molar-refractivity contribution in [2.75, 3.05) is 19.7 Å². The number of likely N-dealkylation sites (tertiary alicyclic amines) is 1. The summed E-state index contributed by atoms with van der Waals surface area (Å²) < 4.78 is 5.53. The van der Waals surface area contributed by atoms with Gasteiger partial charge >= 0.3 is 5.97 Å². The van der Waals surface area contributed by atoms with Crippen molar-refractivity contribution >= 4 is 23.5 Å². The van der Waals surface area contributed by atoms with Gasteiger partial charge in [0.1, 0.15) is 5.02 Å². The Labute approximate surface area is 144 Å². The molecule has 0 aromatic carbocycles. The number of carbonyl (C=O) groups excluding carboxylic acids is 1. The van der Waals surface area contributed by atoms with Crippen LogP contribution in [-0.4, -0.2) is 57.3 Å². The minimum absolute atomic E-state index is 0.00217. The van der Waals surface area contributed by atoms with E-state index in [1.54, 1.807) is 0 Å². The summed E-state index contributed by atoms with van der Waals surface area (Å²) in [6, 6.07) is 1.51. The Kier molecular flexibility index (Phi) is 4.64. The van der Waals surface area contributed by atoms with Gasteiger partial charge in [-0.15, -0.1) is 0 Å². The third kappa shape index (κ3) is 3.62. The van der Waals surface area contributed by atoms with Crippen LogP contribution in [0.15, 0.2) is 12.3 Å². The molecule has 1 saturated heterocycles. The van der Waals surface area contributed by atoms with Crippen LogP contribution in [-0.2, 0) is 4.79 Å². The van der Waals surface area contributed by atoms with Gasteiger partial charge in [-0.25, -0.2) is 9.78 Å². The number of nitrogens with zero attached hydrogens (tertiary/aromatic N) is 2. The summed E-state index contributed by atoms with van der Waals surface area (Å²) in [4.78, 5) is 29.1. The van der Waals surface area contributed by atoms with Crippen LogP contribution < -0.4 is 4.74 Å². The Morgan fingerprint density at radius 3 is 2.58 bits per heavy atom. The molecule has 2 heterocycles. The number of carboxylic acid groups (broad SMARTS) is 1. The summed E-state index contributed by atoms with van der Waals surface area (Å²) in [5.74, 6) is -0.647. The second kappa shape index (κ2) is 6.57. The van der Waals surface area contributed by atoms with Crippen LogP contribution in [0, 0.1) is 5.92 Å². The number of amides is 1. The van der Waals surface area contributed by atoms with Gasteiger partial charge in [0.05, 0.1) is 12.2 Å². The van der Waals surface area contributed by atoms with E-state index in [1.165, 1.54) is 17.2 Å². The smallest absolute Gasteiger partial charge is 0.335 e. The third-order valence-electron chi connectivity index (χ3n) is 4.48. The highest BCUT2D eigenvalue weighted by molar-refractivity contribution is 6.32. The first-order chi connectivity index (χ1) is 11.4. The number of carbonyl (C=O) groups is 2. The third-order valence-corrected chi connectivity index (χ3v) is 4.75. The van der Waals surface area contributed by atoms with E-state index in [0.29, 0.717) is 24.0 Å². The molecular formula is C16H19ClN2O5. The minimum Gasteiger partial charge on any atom is -0.479 e. The zero-order chi connectivity index (χ0) is 17.3. The predicted molar refractivity (Wildman–Crippen MR) is 85.2 cm³/mol. The lowest BCUT2D eigenvalue weighted by Crippen LogP contribution is -2.50. The first-order valence-electron chi connectivity index (χ1n) is 7.92. The highest BCUT2D eigenvalue weighted by atomic mass is 35.5. The number of rotatable bonds is 5. The fraction of sp³-hybridized carbons (Fsp3) is 0.562. The maximum absolute atomic E-state index is 12.5. The van der Waals surface area contributed by atoms with Crippen LogP contribution in [0.1, 0.15) is 36.0 Å². The minimum atomic E-state index is -1.76. The molecule has 1 aliphatic carbocycles. The molecular weight excluding hydrogens is 336 g/mol. The van der Waals surface area contributed by atoms with Gasteiger partial charge in [-0.2, -0.15) is 0 Å². The van der Waals surface area contributed by atoms with Crippen molar-refractivity contribution in [1.29, 1.82) is 0 Å². The molecule has 0 unspecified atom stereocenters. The maximum atomic E-state index is 12.5. The molecule has 3 rings (SSSR count). The molecule has 0 atom stereocenters. The fourth-order valence-electron chi connectivity index (χ4n) is 2.61. The Morgan fingerprint density at radius 1 is 1.38 bits per heavy atom. The molecule has 1 aromatic rings. The van der Waals surface area contributed by atoms with Crippen molar-refractivity contribution in [3.05, 3.63) is 22.8 Å². The molecule has 2 aliphatic rings. The average Bonchev–Trinajstić information content (AvgIpc) is 3.38. The number of piperidine rings is 1. The monoisotopic (exact) mass is 354 g/mol. The molecule has 2 fully saturated rings. The Balaban J connectivity index is 1.62. The zero-order valence-corrected chi connectivity index (χ0v) is 13.8. The van der Waals surface area contributed by atoms with E-state index in [4.69, 9.17) is 21.4 Å². The molecule has 2 N–H and O–H groups in total. The highest BCUT2D eigenvalue weighted by Gasteiger charge is 2.40. The predicted octanol–water partition coefficient (Wildman–Crippen LogP) is 1.58. The molecule has 8 heteroatoms. The average molecular weight is 355 g/mol. The van der Waals surface area contributed by atoms with E-state index in [-0.39, 0.29) is 36.9 Å². The number of ether oxygens (including phenoxy) is 1. The van der Waals surface area contributed by atoms with E-state index in [1.807, 2.05) is 0 Å². The summed E-state index contributed by atoms with van der Waals surface area (Å²) in [7, 11) is 0. The summed E-state index contributed by atoms with van der Waals surface area (Å²) in [5.41, 5.74) is -1.44. The molecule has 130 valence electrons. The Hall–Kier alpha value is -1.86. The molecule has 1 aliphatic heterocycles. The molecule has 1 aromatic heterocycles. The van der Waals surface area contributed by atoms with Gasteiger partial charge in [0.25, 0.3) is 5.91 Å². The van der Waals surface area contributed by atoms with Crippen LogP contribution >= 0.6 is 11.6 Å². The number of aliphatic carboxylic acids is 1. The van der Waals surface area contributed by atoms with Gasteiger partial charge in [-0.1, -0.05) is 11.6 Å². The van der Waals surface area contributed by atoms with Crippen molar-refractivity contribution in [3.8, 4) is 5.88 Å². The topological polar surface area (TPSA) is 100.0 Å². The van der Waals surface area contributed by atoms with Gasteiger partial charge in [0.2, 0.25) is 5.88 Å².